The van der Waals surface area contributed by atoms with Crippen LogP contribution in [0.2, 0.25) is 0 Å². The Bertz CT molecular complexity index is 116. The molecular formula is C7H12NO3. The zero-order chi connectivity index (χ0) is 8.53. The first-order chi connectivity index (χ1) is 5.35. The second-order valence-electron chi connectivity index (χ2n) is 2.04. The summed E-state index contributed by atoms with van der Waals surface area (Å²) in [4.78, 5) is 19.8. The summed E-state index contributed by atoms with van der Waals surface area (Å²) in [5, 5.41) is 2.88. The molecule has 0 aromatic heterocycles. The van der Waals surface area contributed by atoms with Crippen molar-refractivity contribution in [2.45, 2.75) is 19.4 Å². The lowest BCUT2D eigenvalue weighted by molar-refractivity contribution is -0.109. The van der Waals surface area contributed by atoms with Gasteiger partial charge in [0.2, 0.25) is 0 Å². The van der Waals surface area contributed by atoms with E-state index in [0.29, 0.717) is 6.54 Å². The molecule has 0 amide bonds. The van der Waals surface area contributed by atoms with Crippen molar-refractivity contribution in [2.75, 3.05) is 13.2 Å². The van der Waals surface area contributed by atoms with Crippen molar-refractivity contribution in [1.29, 1.82) is 0 Å². The Hall–Kier alpha value is -0.900. The number of rotatable bonds is 7. The first kappa shape index (κ1) is 10.1. The highest BCUT2D eigenvalue weighted by Gasteiger charge is 2.00. The van der Waals surface area contributed by atoms with E-state index < -0.39 is 0 Å². The fraction of sp³-hybridized carbons (Fsp3) is 0.714. The van der Waals surface area contributed by atoms with Gasteiger partial charge in [0.15, 0.2) is 0 Å². The van der Waals surface area contributed by atoms with Gasteiger partial charge in [0.05, 0.1) is 6.04 Å². The van der Waals surface area contributed by atoms with Crippen LogP contribution in [-0.4, -0.2) is 32.0 Å². The van der Waals surface area contributed by atoms with Crippen molar-refractivity contribution in [3.05, 3.63) is 0 Å². The molecule has 0 aliphatic carbocycles. The molecule has 4 nitrogen and oxygen atoms in total. The smallest absolute Gasteiger partial charge is 0.417 e. The summed E-state index contributed by atoms with van der Waals surface area (Å²) in [7, 11) is 0. The van der Waals surface area contributed by atoms with Gasteiger partial charge in [0.25, 0.3) is 0 Å². The minimum atomic E-state index is -0.134. The molecule has 0 aromatic carbocycles. The Kier molecular flexibility index (Phi) is 6.62. The van der Waals surface area contributed by atoms with Gasteiger partial charge in [-0.3, -0.25) is 0 Å². The first-order valence-electron chi connectivity index (χ1n) is 3.52. The van der Waals surface area contributed by atoms with Crippen LogP contribution in [0.1, 0.15) is 13.3 Å². The fourth-order valence-corrected chi connectivity index (χ4v) is 0.626. The molecular weight excluding hydrogens is 146 g/mol. The second-order valence-corrected chi connectivity index (χ2v) is 2.04. The average molecular weight is 158 g/mol. The number of ether oxygens (including phenoxy) is 1. The molecule has 0 heterocycles. The van der Waals surface area contributed by atoms with E-state index in [1.165, 1.54) is 6.47 Å². The SMILES string of the molecule is CCC(C=O)NCCO[C]=O. The molecule has 0 fully saturated rings. The molecule has 4 heteroatoms. The predicted molar refractivity (Wildman–Crippen MR) is 39.8 cm³/mol. The summed E-state index contributed by atoms with van der Waals surface area (Å²) in [5.74, 6) is 0. The molecule has 11 heavy (non-hydrogen) atoms. The highest BCUT2D eigenvalue weighted by atomic mass is 16.5. The zero-order valence-corrected chi connectivity index (χ0v) is 6.50. The van der Waals surface area contributed by atoms with E-state index in [9.17, 15) is 9.59 Å². The van der Waals surface area contributed by atoms with E-state index in [4.69, 9.17) is 0 Å². The molecule has 0 spiro atoms. The molecule has 0 saturated carbocycles. The van der Waals surface area contributed by atoms with Crippen LogP contribution in [0.15, 0.2) is 0 Å². The van der Waals surface area contributed by atoms with Gasteiger partial charge in [-0.05, 0) is 6.42 Å². The van der Waals surface area contributed by atoms with Crippen molar-refractivity contribution in [3.8, 4) is 0 Å². The van der Waals surface area contributed by atoms with E-state index in [1.807, 2.05) is 6.92 Å². The lowest BCUT2D eigenvalue weighted by Gasteiger charge is -2.07. The third-order valence-corrected chi connectivity index (χ3v) is 1.27. The topological polar surface area (TPSA) is 55.4 Å². The quantitative estimate of drug-likeness (QED) is 0.406. The van der Waals surface area contributed by atoms with E-state index >= 15 is 0 Å². The van der Waals surface area contributed by atoms with Gasteiger partial charge in [0, 0.05) is 6.54 Å². The van der Waals surface area contributed by atoms with Crippen LogP contribution < -0.4 is 5.32 Å². The van der Waals surface area contributed by atoms with Gasteiger partial charge in [0.1, 0.15) is 12.9 Å². The summed E-state index contributed by atoms with van der Waals surface area (Å²) in [5.41, 5.74) is 0. The fourth-order valence-electron chi connectivity index (χ4n) is 0.626. The molecule has 1 radical (unpaired) electrons. The zero-order valence-electron chi connectivity index (χ0n) is 6.50. The average Bonchev–Trinajstić information content (AvgIpc) is 2.05. The molecule has 0 bridgehead atoms. The maximum absolute atomic E-state index is 10.2. The van der Waals surface area contributed by atoms with Crippen molar-refractivity contribution in [3.63, 3.8) is 0 Å². The van der Waals surface area contributed by atoms with E-state index in [-0.39, 0.29) is 12.6 Å². The summed E-state index contributed by atoms with van der Waals surface area (Å²) in [6, 6.07) is -0.134. The maximum Gasteiger partial charge on any atom is 0.417 e. The Morgan fingerprint density at radius 2 is 2.45 bits per heavy atom. The summed E-state index contributed by atoms with van der Waals surface area (Å²) in [6.07, 6.45) is 1.58. The van der Waals surface area contributed by atoms with Gasteiger partial charge < -0.3 is 14.8 Å². The van der Waals surface area contributed by atoms with Crippen LogP contribution in [0.5, 0.6) is 0 Å². The summed E-state index contributed by atoms with van der Waals surface area (Å²) >= 11 is 0. The number of aldehydes is 1. The summed E-state index contributed by atoms with van der Waals surface area (Å²) in [6.45, 7) is 3.95. The van der Waals surface area contributed by atoms with E-state index in [0.717, 1.165) is 12.7 Å². The number of nitrogens with one attached hydrogen (secondary N) is 1. The van der Waals surface area contributed by atoms with Crippen LogP contribution >= 0.6 is 0 Å². The van der Waals surface area contributed by atoms with Crippen LogP contribution in [0.25, 0.3) is 0 Å². The minimum absolute atomic E-state index is 0.134. The number of carbonyl (C=O) groups is 1. The molecule has 1 N–H and O–H groups in total. The Morgan fingerprint density at radius 3 is 2.91 bits per heavy atom. The van der Waals surface area contributed by atoms with Gasteiger partial charge in [-0.15, -0.1) is 0 Å². The molecule has 0 aliphatic heterocycles. The van der Waals surface area contributed by atoms with Crippen LogP contribution in [0, 0.1) is 0 Å². The highest BCUT2D eigenvalue weighted by molar-refractivity contribution is 5.57. The lowest BCUT2D eigenvalue weighted by atomic mass is 10.2. The minimum Gasteiger partial charge on any atom is -0.456 e. The normalized spacial score (nSPS) is 12.1. The second kappa shape index (κ2) is 7.21. The number of hydrogen-bond donors (Lipinski definition) is 1. The standard InChI is InChI=1S/C7H12NO3/c1-2-7(5-9)8-3-4-11-6-10/h5,7-8H,2-4H2,1H3. The molecule has 1 unspecified atom stereocenters. The number of carbonyl (C=O) groups excluding carboxylic acids is 2. The molecule has 1 atom stereocenters. The highest BCUT2D eigenvalue weighted by Crippen LogP contribution is 1.83. The van der Waals surface area contributed by atoms with Crippen molar-refractivity contribution in [2.24, 2.45) is 0 Å². The lowest BCUT2D eigenvalue weighted by Crippen LogP contribution is -2.32. The molecule has 0 aliphatic rings. The predicted octanol–water partition coefficient (Wildman–Crippen LogP) is -0.363. The third kappa shape index (κ3) is 5.54. The van der Waals surface area contributed by atoms with Crippen molar-refractivity contribution in [1.82, 2.24) is 5.32 Å². The molecule has 0 rings (SSSR count). The molecule has 63 valence electrons. The van der Waals surface area contributed by atoms with Crippen molar-refractivity contribution >= 4 is 12.8 Å². The molecule has 0 aromatic rings. The Labute approximate surface area is 65.9 Å². The third-order valence-electron chi connectivity index (χ3n) is 1.27. The monoisotopic (exact) mass is 158 g/mol. The van der Waals surface area contributed by atoms with Crippen molar-refractivity contribution < 1.29 is 14.3 Å². The summed E-state index contributed by atoms with van der Waals surface area (Å²) < 4.78 is 4.29. The van der Waals surface area contributed by atoms with Gasteiger partial charge in [-0.25, -0.2) is 4.79 Å². The maximum atomic E-state index is 10.2. The molecule has 0 saturated heterocycles. The van der Waals surface area contributed by atoms with Gasteiger partial charge in [-0.1, -0.05) is 6.92 Å². The Morgan fingerprint density at radius 1 is 1.73 bits per heavy atom. The van der Waals surface area contributed by atoms with Gasteiger partial charge in [-0.2, -0.15) is 0 Å². The largest absolute Gasteiger partial charge is 0.456 e. The van der Waals surface area contributed by atoms with Crippen LogP contribution in [0.3, 0.4) is 0 Å². The van der Waals surface area contributed by atoms with E-state index in [1.54, 1.807) is 0 Å². The first-order valence-corrected chi connectivity index (χ1v) is 3.52. The van der Waals surface area contributed by atoms with Crippen LogP contribution in [-0.2, 0) is 14.3 Å². The Balaban J connectivity index is 3.20. The van der Waals surface area contributed by atoms with Gasteiger partial charge >= 0.3 is 6.47 Å². The van der Waals surface area contributed by atoms with E-state index in [2.05, 4.69) is 10.1 Å². The number of hydrogen-bond acceptors (Lipinski definition) is 4. The van der Waals surface area contributed by atoms with Crippen LogP contribution in [0.4, 0.5) is 0 Å².